The molecule has 3 atom stereocenters. The van der Waals surface area contributed by atoms with Crippen LogP contribution in [0.15, 0.2) is 0 Å². The summed E-state index contributed by atoms with van der Waals surface area (Å²) in [5, 5.41) is 0. The minimum Gasteiger partial charge on any atom is -0.424 e. The molecule has 102 valence electrons. The van der Waals surface area contributed by atoms with Crippen LogP contribution in [0.25, 0.3) is 0 Å². The van der Waals surface area contributed by atoms with Crippen LogP contribution in [0.4, 0.5) is 0 Å². The highest BCUT2D eigenvalue weighted by Crippen LogP contribution is 2.41. The molecule has 5 heteroatoms. The van der Waals surface area contributed by atoms with Crippen molar-refractivity contribution < 1.29 is 23.9 Å². The summed E-state index contributed by atoms with van der Waals surface area (Å²) in [5.74, 6) is -1.86. The van der Waals surface area contributed by atoms with Gasteiger partial charge in [-0.05, 0) is 34.6 Å². The minimum absolute atomic E-state index is 0.283. The number of ether oxygens (including phenoxy) is 2. The molecule has 0 aromatic heterocycles. The van der Waals surface area contributed by atoms with Gasteiger partial charge in [-0.2, -0.15) is 0 Å². The zero-order valence-corrected chi connectivity index (χ0v) is 11.7. The Morgan fingerprint density at radius 1 is 1.33 bits per heavy atom. The first kappa shape index (κ1) is 14.7. The monoisotopic (exact) mass is 256 g/mol. The molecule has 0 aliphatic carbocycles. The van der Waals surface area contributed by atoms with Crippen LogP contribution in [0.5, 0.6) is 0 Å². The summed E-state index contributed by atoms with van der Waals surface area (Å²) < 4.78 is 10.2. The van der Waals surface area contributed by atoms with Gasteiger partial charge in [0.15, 0.2) is 0 Å². The second kappa shape index (κ2) is 4.37. The standard InChI is InChI=1S/C13H20O5/c1-7-9(17-10(15)12(3,4)5)18-11(16)13(7,6)8(2)14/h7,9H,1-6H3/t7-,9-,13+/m1/s1. The zero-order chi connectivity index (χ0) is 14.3. The van der Waals surface area contributed by atoms with Crippen LogP contribution in [-0.4, -0.2) is 24.0 Å². The number of esters is 2. The maximum Gasteiger partial charge on any atom is 0.322 e. The first-order valence-corrected chi connectivity index (χ1v) is 5.94. The van der Waals surface area contributed by atoms with Crippen molar-refractivity contribution in [1.29, 1.82) is 0 Å². The van der Waals surface area contributed by atoms with Gasteiger partial charge >= 0.3 is 11.9 Å². The van der Waals surface area contributed by atoms with Crippen LogP contribution < -0.4 is 0 Å². The quantitative estimate of drug-likeness (QED) is 0.555. The number of hydrogen-bond donors (Lipinski definition) is 0. The van der Waals surface area contributed by atoms with E-state index < -0.39 is 35.0 Å². The van der Waals surface area contributed by atoms with Crippen molar-refractivity contribution in [3.63, 3.8) is 0 Å². The van der Waals surface area contributed by atoms with E-state index in [-0.39, 0.29) is 5.78 Å². The fourth-order valence-electron chi connectivity index (χ4n) is 1.66. The highest BCUT2D eigenvalue weighted by atomic mass is 16.7. The molecule has 0 radical (unpaired) electrons. The fourth-order valence-corrected chi connectivity index (χ4v) is 1.66. The summed E-state index contributed by atoms with van der Waals surface area (Å²) in [6.45, 7) is 9.66. The lowest BCUT2D eigenvalue weighted by Crippen LogP contribution is -2.38. The molecule has 1 saturated heterocycles. The molecule has 0 amide bonds. The summed E-state index contributed by atoms with van der Waals surface area (Å²) in [6.07, 6.45) is -0.988. The summed E-state index contributed by atoms with van der Waals surface area (Å²) in [6, 6.07) is 0. The number of rotatable bonds is 2. The van der Waals surface area contributed by atoms with Crippen molar-refractivity contribution in [1.82, 2.24) is 0 Å². The van der Waals surface area contributed by atoms with Gasteiger partial charge in [0.05, 0.1) is 11.3 Å². The highest BCUT2D eigenvalue weighted by Gasteiger charge is 2.57. The van der Waals surface area contributed by atoms with Crippen LogP contribution in [0.3, 0.4) is 0 Å². The Bertz CT molecular complexity index is 393. The van der Waals surface area contributed by atoms with Crippen molar-refractivity contribution in [3.05, 3.63) is 0 Å². The highest BCUT2D eigenvalue weighted by molar-refractivity contribution is 6.03. The van der Waals surface area contributed by atoms with E-state index in [1.165, 1.54) is 13.8 Å². The van der Waals surface area contributed by atoms with Gasteiger partial charge in [-0.3, -0.25) is 14.4 Å². The van der Waals surface area contributed by atoms with Gasteiger partial charge in [-0.1, -0.05) is 6.92 Å². The Kier molecular flexibility index (Phi) is 3.56. The molecule has 0 N–H and O–H groups in total. The third-order valence-electron chi connectivity index (χ3n) is 3.53. The summed E-state index contributed by atoms with van der Waals surface area (Å²) in [7, 11) is 0. The Hall–Kier alpha value is -1.39. The van der Waals surface area contributed by atoms with Crippen LogP contribution >= 0.6 is 0 Å². The largest absolute Gasteiger partial charge is 0.424 e. The molecule has 1 rings (SSSR count). The Morgan fingerprint density at radius 3 is 2.17 bits per heavy atom. The molecule has 5 nitrogen and oxygen atoms in total. The van der Waals surface area contributed by atoms with Crippen LogP contribution in [-0.2, 0) is 23.9 Å². The van der Waals surface area contributed by atoms with E-state index in [1.54, 1.807) is 27.7 Å². The average Bonchev–Trinajstić information content (AvgIpc) is 2.43. The summed E-state index contributed by atoms with van der Waals surface area (Å²) in [5.41, 5.74) is -1.91. The number of Topliss-reactive ketones (excluding diaryl/α,β-unsaturated/α-hetero) is 1. The molecule has 0 saturated carbocycles. The van der Waals surface area contributed by atoms with Gasteiger partial charge in [-0.25, -0.2) is 0 Å². The van der Waals surface area contributed by atoms with E-state index >= 15 is 0 Å². The Labute approximate surface area is 107 Å². The lowest BCUT2D eigenvalue weighted by molar-refractivity contribution is -0.188. The summed E-state index contributed by atoms with van der Waals surface area (Å²) in [4.78, 5) is 35.1. The number of ketones is 1. The van der Waals surface area contributed by atoms with Crippen molar-refractivity contribution >= 4 is 17.7 Å². The van der Waals surface area contributed by atoms with Crippen molar-refractivity contribution in [2.45, 2.75) is 47.8 Å². The third kappa shape index (κ3) is 2.26. The second-order valence-electron chi connectivity index (χ2n) is 5.98. The predicted octanol–water partition coefficient (Wildman–Crippen LogP) is 1.69. The lowest BCUT2D eigenvalue weighted by Gasteiger charge is -2.24. The third-order valence-corrected chi connectivity index (χ3v) is 3.53. The van der Waals surface area contributed by atoms with Gasteiger partial charge in [0.1, 0.15) is 11.2 Å². The Morgan fingerprint density at radius 2 is 1.83 bits per heavy atom. The molecule has 1 heterocycles. The molecule has 1 fully saturated rings. The average molecular weight is 256 g/mol. The van der Waals surface area contributed by atoms with Crippen molar-refractivity contribution in [2.75, 3.05) is 0 Å². The van der Waals surface area contributed by atoms with Gasteiger partial charge < -0.3 is 9.47 Å². The molecule has 1 aliphatic heterocycles. The number of hydrogen-bond acceptors (Lipinski definition) is 5. The maximum atomic E-state index is 11.8. The molecule has 0 bridgehead atoms. The number of cyclic esters (lactones) is 1. The second-order valence-corrected chi connectivity index (χ2v) is 5.98. The molecule has 0 aromatic carbocycles. The SMILES string of the molecule is CC(=O)[C@@]1(C)C(=O)O[C@@H](OC(=O)C(C)(C)C)[C@H]1C. The first-order valence-electron chi connectivity index (χ1n) is 5.94. The van der Waals surface area contributed by atoms with Gasteiger partial charge in [-0.15, -0.1) is 0 Å². The van der Waals surface area contributed by atoms with E-state index in [4.69, 9.17) is 9.47 Å². The maximum absolute atomic E-state index is 11.8. The zero-order valence-electron chi connectivity index (χ0n) is 11.7. The van der Waals surface area contributed by atoms with Crippen LogP contribution in [0.1, 0.15) is 41.5 Å². The number of carbonyl (C=O) groups is 3. The topological polar surface area (TPSA) is 69.7 Å². The van der Waals surface area contributed by atoms with E-state index in [9.17, 15) is 14.4 Å². The molecule has 0 unspecified atom stereocenters. The summed E-state index contributed by atoms with van der Waals surface area (Å²) >= 11 is 0. The fraction of sp³-hybridized carbons (Fsp3) is 0.769. The molecular weight excluding hydrogens is 236 g/mol. The van der Waals surface area contributed by atoms with E-state index in [0.29, 0.717) is 0 Å². The van der Waals surface area contributed by atoms with Crippen LogP contribution in [0.2, 0.25) is 0 Å². The van der Waals surface area contributed by atoms with Gasteiger partial charge in [0.2, 0.25) is 0 Å². The number of carbonyl (C=O) groups excluding carboxylic acids is 3. The van der Waals surface area contributed by atoms with Crippen molar-refractivity contribution in [2.24, 2.45) is 16.7 Å². The van der Waals surface area contributed by atoms with E-state index in [0.717, 1.165) is 0 Å². The van der Waals surface area contributed by atoms with E-state index in [1.807, 2.05) is 0 Å². The normalized spacial score (nSPS) is 32.0. The molecular formula is C13H20O5. The van der Waals surface area contributed by atoms with Crippen LogP contribution in [0, 0.1) is 16.7 Å². The van der Waals surface area contributed by atoms with Gasteiger partial charge in [0, 0.05) is 0 Å². The molecule has 1 aliphatic rings. The lowest BCUT2D eigenvalue weighted by atomic mass is 9.76. The predicted molar refractivity (Wildman–Crippen MR) is 63.4 cm³/mol. The van der Waals surface area contributed by atoms with Crippen molar-refractivity contribution in [3.8, 4) is 0 Å². The minimum atomic E-state index is -1.23. The van der Waals surface area contributed by atoms with E-state index in [2.05, 4.69) is 0 Å². The first-order chi connectivity index (χ1) is 8.01. The molecule has 18 heavy (non-hydrogen) atoms. The Balaban J connectivity index is 2.88. The van der Waals surface area contributed by atoms with Gasteiger partial charge in [0.25, 0.3) is 6.29 Å². The molecule has 0 aromatic rings. The molecule has 0 spiro atoms. The smallest absolute Gasteiger partial charge is 0.322 e.